The van der Waals surface area contributed by atoms with Crippen molar-refractivity contribution in [2.75, 3.05) is 0 Å². The van der Waals surface area contributed by atoms with Gasteiger partial charge < -0.3 is 9.53 Å². The van der Waals surface area contributed by atoms with Gasteiger partial charge in [0.25, 0.3) is 0 Å². The fraction of sp³-hybridized carbons (Fsp3) is 0.647. The summed E-state index contributed by atoms with van der Waals surface area (Å²) >= 11 is 0. The van der Waals surface area contributed by atoms with Crippen LogP contribution in [0.5, 0.6) is 0 Å². The summed E-state index contributed by atoms with van der Waals surface area (Å²) in [5.41, 5.74) is 2.29. The van der Waals surface area contributed by atoms with Crippen LogP contribution in [-0.4, -0.2) is 14.1 Å². The van der Waals surface area contributed by atoms with Crippen molar-refractivity contribution in [3.63, 3.8) is 0 Å². The average Bonchev–Trinajstić information content (AvgIpc) is 3.18. The Morgan fingerprint density at radius 2 is 1.70 bits per heavy atom. The van der Waals surface area contributed by atoms with Gasteiger partial charge in [0, 0.05) is 0 Å². The Bertz CT molecular complexity index is 447. The van der Waals surface area contributed by atoms with Crippen LogP contribution in [0, 0.1) is 11.3 Å². The Hall–Kier alpha value is -0.643. The van der Waals surface area contributed by atoms with Crippen LogP contribution in [0.1, 0.15) is 56.9 Å². The lowest BCUT2D eigenvalue weighted by atomic mass is 9.82. The van der Waals surface area contributed by atoms with Crippen molar-refractivity contribution >= 4 is 9.04 Å². The number of benzene rings is 1. The molecule has 0 aromatic heterocycles. The molecule has 2 atom stereocenters. The minimum Gasteiger partial charge on any atom is -0.413 e. The highest BCUT2D eigenvalue weighted by molar-refractivity contribution is 6.48. The number of aliphatic hydroxyl groups excluding tert-OH is 1. The second-order valence-corrected chi connectivity index (χ2v) is 9.71. The largest absolute Gasteiger partial charge is 0.413 e. The van der Waals surface area contributed by atoms with E-state index < -0.39 is 9.04 Å². The topological polar surface area (TPSA) is 29.5 Å². The second kappa shape index (κ2) is 6.00. The summed E-state index contributed by atoms with van der Waals surface area (Å²) in [6, 6.07) is 8.29. The third-order valence-corrected chi connectivity index (χ3v) is 4.68. The summed E-state index contributed by atoms with van der Waals surface area (Å²) < 4.78 is 6.32. The minimum absolute atomic E-state index is 0.0383. The van der Waals surface area contributed by atoms with Gasteiger partial charge in [0.05, 0.1) is 12.2 Å². The van der Waals surface area contributed by atoms with Crippen LogP contribution in [0.4, 0.5) is 0 Å². The molecule has 0 heterocycles. The molecule has 1 aliphatic rings. The van der Waals surface area contributed by atoms with E-state index in [1.54, 1.807) is 0 Å². The lowest BCUT2D eigenvalue weighted by Crippen LogP contribution is -2.27. The van der Waals surface area contributed by atoms with E-state index in [-0.39, 0.29) is 17.6 Å². The van der Waals surface area contributed by atoms with Crippen molar-refractivity contribution in [3.8, 4) is 0 Å². The molecule has 1 saturated carbocycles. The number of rotatable bonds is 5. The summed E-state index contributed by atoms with van der Waals surface area (Å²) in [6.45, 7) is 11.1. The van der Waals surface area contributed by atoms with Crippen molar-refractivity contribution in [1.82, 2.24) is 0 Å². The molecule has 3 heteroatoms. The van der Waals surface area contributed by atoms with E-state index in [1.807, 2.05) is 6.07 Å². The molecule has 0 amide bonds. The molecule has 1 aromatic carbocycles. The molecule has 0 aliphatic heterocycles. The Morgan fingerprint density at radius 3 is 2.15 bits per heavy atom. The van der Waals surface area contributed by atoms with E-state index in [0.717, 1.165) is 18.4 Å². The highest BCUT2D eigenvalue weighted by atomic mass is 28.3. The van der Waals surface area contributed by atoms with Gasteiger partial charge in [-0.25, -0.2) is 0 Å². The molecule has 1 aromatic rings. The zero-order valence-corrected chi connectivity index (χ0v) is 14.5. The van der Waals surface area contributed by atoms with Gasteiger partial charge in [0.15, 0.2) is 9.04 Å². The van der Waals surface area contributed by atoms with Crippen molar-refractivity contribution in [3.05, 3.63) is 35.4 Å². The molecule has 2 nitrogen and oxygen atoms in total. The third-order valence-electron chi connectivity index (χ3n) is 3.86. The van der Waals surface area contributed by atoms with Crippen LogP contribution < -0.4 is 0 Å². The molecule has 0 bridgehead atoms. The first kappa shape index (κ1) is 15.7. The molecule has 1 N–H and O–H groups in total. The molecular formula is C17H28O2Si. The molecule has 2 rings (SSSR count). The number of hydrogen-bond acceptors (Lipinski definition) is 2. The number of aliphatic hydroxyl groups is 1. The highest BCUT2D eigenvalue weighted by Crippen LogP contribution is 2.45. The zero-order valence-electron chi connectivity index (χ0n) is 13.4. The normalized spacial score (nSPS) is 19.1. The van der Waals surface area contributed by atoms with Crippen molar-refractivity contribution in [1.29, 1.82) is 0 Å². The van der Waals surface area contributed by atoms with E-state index in [1.165, 1.54) is 5.56 Å². The molecule has 1 unspecified atom stereocenters. The maximum atomic E-state index is 10.5. The van der Waals surface area contributed by atoms with Gasteiger partial charge in [0.1, 0.15) is 0 Å². The maximum absolute atomic E-state index is 10.5. The standard InChI is InChI=1S/C17H28O2Si/c1-17(2,3)16(19-20(4)5)14-9-7-6-8-13(14)15(18)12-10-11-12/h6-9,12,15-16,18,20H,10-11H2,1-5H3/t15-,16?/m1/s1. The van der Waals surface area contributed by atoms with Gasteiger partial charge >= 0.3 is 0 Å². The van der Waals surface area contributed by atoms with Gasteiger partial charge in [-0.1, -0.05) is 45.0 Å². The third kappa shape index (κ3) is 3.71. The average molecular weight is 292 g/mol. The number of hydrogen-bond donors (Lipinski definition) is 1. The quantitative estimate of drug-likeness (QED) is 0.823. The minimum atomic E-state index is -1.14. The molecule has 20 heavy (non-hydrogen) atoms. The van der Waals surface area contributed by atoms with E-state index in [9.17, 15) is 5.11 Å². The smallest absolute Gasteiger partial charge is 0.171 e. The van der Waals surface area contributed by atoms with Crippen molar-refractivity contribution in [2.24, 2.45) is 11.3 Å². The van der Waals surface area contributed by atoms with E-state index in [4.69, 9.17) is 4.43 Å². The lowest BCUT2D eigenvalue weighted by Gasteiger charge is -2.35. The second-order valence-electron chi connectivity index (χ2n) is 7.34. The van der Waals surface area contributed by atoms with Crippen molar-refractivity contribution < 1.29 is 9.53 Å². The first-order chi connectivity index (χ1) is 9.30. The van der Waals surface area contributed by atoms with Crippen molar-refractivity contribution in [2.45, 2.75) is 58.9 Å². The van der Waals surface area contributed by atoms with Crippen LogP contribution in [0.25, 0.3) is 0 Å². The van der Waals surface area contributed by atoms with Crippen LogP contribution in [0.3, 0.4) is 0 Å². The van der Waals surface area contributed by atoms with Gasteiger partial charge in [-0.05, 0) is 48.4 Å². The first-order valence-corrected chi connectivity index (χ1v) is 10.5. The monoisotopic (exact) mass is 292 g/mol. The van der Waals surface area contributed by atoms with E-state index >= 15 is 0 Å². The SMILES string of the molecule is C[SiH](C)OC(c1ccccc1[C@H](O)C1CC1)C(C)(C)C. The predicted octanol–water partition coefficient (Wildman–Crippen LogP) is 4.22. The summed E-state index contributed by atoms with van der Waals surface area (Å²) in [5, 5.41) is 10.5. The van der Waals surface area contributed by atoms with Gasteiger partial charge in [-0.3, -0.25) is 0 Å². The molecule has 0 saturated heterocycles. The summed E-state index contributed by atoms with van der Waals surface area (Å²) in [6.07, 6.45) is 2.04. The molecule has 0 spiro atoms. The van der Waals surface area contributed by atoms with Crippen LogP contribution >= 0.6 is 0 Å². The summed E-state index contributed by atoms with van der Waals surface area (Å²) in [5.74, 6) is 0.452. The maximum Gasteiger partial charge on any atom is 0.171 e. The first-order valence-electron chi connectivity index (χ1n) is 7.73. The van der Waals surface area contributed by atoms with Crippen LogP contribution in [-0.2, 0) is 4.43 Å². The molecule has 0 radical (unpaired) electrons. The Morgan fingerprint density at radius 1 is 1.15 bits per heavy atom. The fourth-order valence-electron chi connectivity index (χ4n) is 2.70. The predicted molar refractivity (Wildman–Crippen MR) is 86.3 cm³/mol. The summed E-state index contributed by atoms with van der Waals surface area (Å²) in [7, 11) is -1.14. The van der Waals surface area contributed by atoms with E-state index in [0.29, 0.717) is 5.92 Å². The fourth-order valence-corrected chi connectivity index (χ4v) is 3.80. The summed E-state index contributed by atoms with van der Waals surface area (Å²) in [4.78, 5) is 0. The molecule has 1 aliphatic carbocycles. The Kier molecular flexibility index (Phi) is 4.72. The Labute approximate surface area is 124 Å². The van der Waals surface area contributed by atoms with Crippen LogP contribution in [0.2, 0.25) is 13.1 Å². The van der Waals surface area contributed by atoms with Gasteiger partial charge in [-0.15, -0.1) is 0 Å². The Balaban J connectivity index is 2.37. The van der Waals surface area contributed by atoms with Gasteiger partial charge in [-0.2, -0.15) is 0 Å². The van der Waals surface area contributed by atoms with Gasteiger partial charge in [0.2, 0.25) is 0 Å². The molecule has 112 valence electrons. The van der Waals surface area contributed by atoms with Crippen LogP contribution in [0.15, 0.2) is 24.3 Å². The molecular weight excluding hydrogens is 264 g/mol. The van der Waals surface area contributed by atoms with E-state index in [2.05, 4.69) is 52.1 Å². The molecule has 1 fully saturated rings. The zero-order chi connectivity index (χ0) is 14.9. The lowest BCUT2D eigenvalue weighted by molar-refractivity contribution is 0.0800. The highest BCUT2D eigenvalue weighted by Gasteiger charge is 2.35.